The van der Waals surface area contributed by atoms with E-state index in [1.54, 1.807) is 12.1 Å². The van der Waals surface area contributed by atoms with Gasteiger partial charge >= 0.3 is 0 Å². The van der Waals surface area contributed by atoms with Gasteiger partial charge in [-0.2, -0.15) is 0 Å². The minimum atomic E-state index is -0.774. The maximum absolute atomic E-state index is 13.2. The topological polar surface area (TPSA) is 49.4 Å². The molecule has 4 nitrogen and oxygen atoms in total. The van der Waals surface area contributed by atoms with Gasteiger partial charge in [-0.1, -0.05) is 15.9 Å². The van der Waals surface area contributed by atoms with Crippen LogP contribution in [-0.4, -0.2) is 18.4 Å². The standard InChI is InChI=1S/C17H13BrF2N2O2/c18-11-1-3-15(4-2-11)22-9-10(5-16(22)23)17(24)21-14-7-12(19)6-13(20)8-14/h1-4,6-8,10H,5,9H2,(H,21,24). The molecule has 1 unspecified atom stereocenters. The fourth-order valence-electron chi connectivity index (χ4n) is 2.62. The second-order valence-electron chi connectivity index (χ2n) is 5.53. The van der Waals surface area contributed by atoms with Gasteiger partial charge in [-0.15, -0.1) is 0 Å². The fourth-order valence-corrected chi connectivity index (χ4v) is 2.89. The Kier molecular flexibility index (Phi) is 4.62. The number of hydrogen-bond donors (Lipinski definition) is 1. The monoisotopic (exact) mass is 394 g/mol. The first-order chi connectivity index (χ1) is 11.4. The van der Waals surface area contributed by atoms with Gasteiger partial charge < -0.3 is 10.2 Å². The van der Waals surface area contributed by atoms with E-state index in [-0.39, 0.29) is 24.6 Å². The van der Waals surface area contributed by atoms with Crippen LogP contribution in [0.2, 0.25) is 0 Å². The lowest BCUT2D eigenvalue weighted by molar-refractivity contribution is -0.122. The highest BCUT2D eigenvalue weighted by atomic mass is 79.9. The van der Waals surface area contributed by atoms with Crippen molar-refractivity contribution in [1.29, 1.82) is 0 Å². The Morgan fingerprint density at radius 2 is 1.75 bits per heavy atom. The average Bonchev–Trinajstić information content (AvgIpc) is 2.89. The number of nitrogens with one attached hydrogen (secondary N) is 1. The molecule has 0 bridgehead atoms. The molecule has 0 radical (unpaired) electrons. The van der Waals surface area contributed by atoms with E-state index in [4.69, 9.17) is 0 Å². The van der Waals surface area contributed by atoms with E-state index in [9.17, 15) is 18.4 Å². The zero-order valence-corrected chi connectivity index (χ0v) is 14.0. The molecule has 3 rings (SSSR count). The second kappa shape index (κ2) is 6.68. The summed E-state index contributed by atoms with van der Waals surface area (Å²) in [4.78, 5) is 26.0. The van der Waals surface area contributed by atoms with Crippen molar-refractivity contribution < 1.29 is 18.4 Å². The minimum Gasteiger partial charge on any atom is -0.326 e. The van der Waals surface area contributed by atoms with Crippen LogP contribution in [0.3, 0.4) is 0 Å². The Morgan fingerprint density at radius 1 is 1.12 bits per heavy atom. The highest BCUT2D eigenvalue weighted by molar-refractivity contribution is 9.10. The number of hydrogen-bond acceptors (Lipinski definition) is 2. The highest BCUT2D eigenvalue weighted by Gasteiger charge is 2.35. The molecule has 1 atom stereocenters. The summed E-state index contributed by atoms with van der Waals surface area (Å²) in [5.74, 6) is -2.73. The normalized spacial score (nSPS) is 17.2. The number of benzene rings is 2. The molecule has 0 aromatic heterocycles. The largest absolute Gasteiger partial charge is 0.326 e. The number of anilines is 2. The first kappa shape index (κ1) is 16.6. The van der Waals surface area contributed by atoms with Crippen LogP contribution < -0.4 is 10.2 Å². The Bertz CT molecular complexity index is 775. The van der Waals surface area contributed by atoms with Crippen molar-refractivity contribution in [1.82, 2.24) is 0 Å². The predicted octanol–water partition coefficient (Wildman–Crippen LogP) is 3.72. The molecular weight excluding hydrogens is 382 g/mol. The number of carbonyl (C=O) groups excluding carboxylic acids is 2. The molecular formula is C17H13BrF2N2O2. The number of amides is 2. The molecule has 2 amide bonds. The summed E-state index contributed by atoms with van der Waals surface area (Å²) in [7, 11) is 0. The average molecular weight is 395 g/mol. The maximum Gasteiger partial charge on any atom is 0.229 e. The molecule has 24 heavy (non-hydrogen) atoms. The smallest absolute Gasteiger partial charge is 0.229 e. The van der Waals surface area contributed by atoms with Gasteiger partial charge in [-0.05, 0) is 36.4 Å². The summed E-state index contributed by atoms with van der Waals surface area (Å²) in [6, 6.07) is 9.98. The number of carbonyl (C=O) groups is 2. The predicted molar refractivity (Wildman–Crippen MR) is 89.6 cm³/mol. The van der Waals surface area contributed by atoms with Crippen LogP contribution in [0, 0.1) is 17.6 Å². The molecule has 0 saturated carbocycles. The van der Waals surface area contributed by atoms with E-state index >= 15 is 0 Å². The molecule has 1 aliphatic heterocycles. The second-order valence-corrected chi connectivity index (χ2v) is 6.44. The maximum atomic E-state index is 13.2. The van der Waals surface area contributed by atoms with Gasteiger partial charge in [0.15, 0.2) is 0 Å². The summed E-state index contributed by atoms with van der Waals surface area (Å²) in [6.07, 6.45) is 0.0553. The number of halogens is 3. The third-order valence-corrected chi connectivity index (χ3v) is 4.29. The van der Waals surface area contributed by atoms with Crippen LogP contribution in [0.15, 0.2) is 46.9 Å². The van der Waals surface area contributed by atoms with E-state index < -0.39 is 23.5 Å². The van der Waals surface area contributed by atoms with Gasteiger partial charge in [0.1, 0.15) is 11.6 Å². The van der Waals surface area contributed by atoms with Gasteiger partial charge in [0.05, 0.1) is 5.92 Å². The Balaban J connectivity index is 1.70. The van der Waals surface area contributed by atoms with Crippen molar-refractivity contribution >= 4 is 39.1 Å². The molecule has 1 aliphatic rings. The van der Waals surface area contributed by atoms with Crippen molar-refractivity contribution in [3.05, 3.63) is 58.6 Å². The van der Waals surface area contributed by atoms with E-state index in [0.29, 0.717) is 5.69 Å². The zero-order chi connectivity index (χ0) is 17.3. The van der Waals surface area contributed by atoms with Crippen LogP contribution in [0.1, 0.15) is 6.42 Å². The molecule has 124 valence electrons. The molecule has 1 fully saturated rings. The van der Waals surface area contributed by atoms with E-state index in [1.165, 1.54) is 4.90 Å². The van der Waals surface area contributed by atoms with Crippen LogP contribution in [-0.2, 0) is 9.59 Å². The summed E-state index contributed by atoms with van der Waals surface area (Å²) in [5.41, 5.74) is 0.738. The third kappa shape index (κ3) is 3.62. The molecule has 2 aromatic rings. The third-order valence-electron chi connectivity index (χ3n) is 3.76. The Morgan fingerprint density at radius 3 is 2.38 bits per heavy atom. The van der Waals surface area contributed by atoms with Gasteiger partial charge in [-0.25, -0.2) is 8.78 Å². The highest BCUT2D eigenvalue weighted by Crippen LogP contribution is 2.27. The van der Waals surface area contributed by atoms with Crippen molar-refractivity contribution in [2.24, 2.45) is 5.92 Å². The van der Waals surface area contributed by atoms with Gasteiger partial charge in [0.2, 0.25) is 11.8 Å². The lowest BCUT2D eigenvalue weighted by Gasteiger charge is -2.16. The molecule has 1 heterocycles. The first-order valence-corrected chi connectivity index (χ1v) is 8.04. The lowest BCUT2D eigenvalue weighted by Crippen LogP contribution is -2.28. The SMILES string of the molecule is O=C(Nc1cc(F)cc(F)c1)C1CC(=O)N(c2ccc(Br)cc2)C1. The Labute approximate surface area is 145 Å². The number of nitrogens with zero attached hydrogens (tertiary/aromatic N) is 1. The summed E-state index contributed by atoms with van der Waals surface area (Å²) in [5, 5.41) is 2.46. The lowest BCUT2D eigenvalue weighted by atomic mass is 10.1. The van der Waals surface area contributed by atoms with Gasteiger partial charge in [0.25, 0.3) is 0 Å². The van der Waals surface area contributed by atoms with Crippen molar-refractivity contribution in [2.45, 2.75) is 6.42 Å². The molecule has 1 N–H and O–H groups in total. The Hall–Kier alpha value is -2.28. The van der Waals surface area contributed by atoms with Gasteiger partial charge in [-0.3, -0.25) is 9.59 Å². The zero-order valence-electron chi connectivity index (χ0n) is 12.4. The summed E-state index contributed by atoms with van der Waals surface area (Å²) in [6.45, 7) is 0.226. The van der Waals surface area contributed by atoms with E-state index in [2.05, 4.69) is 21.2 Å². The molecule has 0 spiro atoms. The molecule has 1 saturated heterocycles. The summed E-state index contributed by atoms with van der Waals surface area (Å²) < 4.78 is 27.2. The van der Waals surface area contributed by atoms with Crippen LogP contribution in [0.4, 0.5) is 20.2 Å². The molecule has 2 aromatic carbocycles. The van der Waals surface area contributed by atoms with Crippen molar-refractivity contribution in [3.63, 3.8) is 0 Å². The number of rotatable bonds is 3. The van der Waals surface area contributed by atoms with Crippen LogP contribution >= 0.6 is 15.9 Å². The quantitative estimate of drug-likeness (QED) is 0.862. The van der Waals surface area contributed by atoms with Crippen LogP contribution in [0.5, 0.6) is 0 Å². The molecule has 7 heteroatoms. The van der Waals surface area contributed by atoms with E-state index in [1.807, 2.05) is 12.1 Å². The van der Waals surface area contributed by atoms with E-state index in [0.717, 1.165) is 22.7 Å². The van der Waals surface area contributed by atoms with Crippen molar-refractivity contribution in [3.8, 4) is 0 Å². The van der Waals surface area contributed by atoms with Gasteiger partial charge in [0, 0.05) is 34.9 Å². The van der Waals surface area contributed by atoms with Crippen molar-refractivity contribution in [2.75, 3.05) is 16.8 Å². The first-order valence-electron chi connectivity index (χ1n) is 7.25. The fraction of sp³-hybridized carbons (Fsp3) is 0.176. The minimum absolute atomic E-state index is 0.0343. The summed E-state index contributed by atoms with van der Waals surface area (Å²) >= 11 is 3.32. The van der Waals surface area contributed by atoms with Crippen LogP contribution in [0.25, 0.3) is 0 Å². The molecule has 0 aliphatic carbocycles.